The minimum Gasteiger partial charge on any atom is -0.477 e. The maximum absolute atomic E-state index is 11.8. The monoisotopic (exact) mass is 568 g/mol. The Morgan fingerprint density at radius 3 is 1.05 bits per heavy atom. The molecule has 0 radical (unpaired) electrons. The van der Waals surface area contributed by atoms with Crippen molar-refractivity contribution in [2.45, 2.75) is 174 Å². The second-order valence-corrected chi connectivity index (χ2v) is 11.8. The maximum Gasteiger partial charge on any atom is 0.362 e. The van der Waals surface area contributed by atoms with Crippen molar-refractivity contribution >= 4 is 17.9 Å². The van der Waals surface area contributed by atoms with Crippen molar-refractivity contribution < 1.29 is 34.2 Å². The van der Waals surface area contributed by atoms with Gasteiger partial charge in [0, 0.05) is 0 Å². The lowest BCUT2D eigenvalue weighted by Gasteiger charge is -2.46. The number of hydrogen-bond acceptors (Lipinski definition) is 3. The van der Waals surface area contributed by atoms with E-state index in [1.807, 2.05) is 6.08 Å². The fourth-order valence-electron chi connectivity index (χ4n) is 5.81. The lowest BCUT2D eigenvalue weighted by molar-refractivity contribution is -0.962. The smallest absolute Gasteiger partial charge is 0.362 e. The number of unbranched alkanes of at least 4 members (excludes halogenated alkanes) is 19. The number of quaternary nitrogens is 1. The molecule has 0 aromatic heterocycles. The third-order valence-corrected chi connectivity index (χ3v) is 8.80. The molecule has 0 aromatic rings. The highest BCUT2D eigenvalue weighted by Gasteiger charge is 2.52. The molecular formula is C33H62NO6+. The van der Waals surface area contributed by atoms with Gasteiger partial charge in [-0.2, -0.15) is 0 Å². The molecule has 0 heterocycles. The lowest BCUT2D eigenvalue weighted by atomic mass is 10.0. The van der Waals surface area contributed by atoms with Crippen LogP contribution in [0.4, 0.5) is 0 Å². The van der Waals surface area contributed by atoms with Crippen LogP contribution < -0.4 is 0 Å². The van der Waals surface area contributed by atoms with Crippen molar-refractivity contribution in [3.63, 3.8) is 0 Å². The van der Waals surface area contributed by atoms with E-state index in [-0.39, 0.29) is 6.54 Å². The Hall–Kier alpha value is -1.89. The van der Waals surface area contributed by atoms with Crippen molar-refractivity contribution in [2.75, 3.05) is 6.54 Å². The SMILES string of the molecule is CCCCCCCCCCCCCCCCCCCCC/C=C/C[N+](C(C)C(=O)O)(C(C)C(=O)O)C(C)C(=O)O. The first-order valence-electron chi connectivity index (χ1n) is 16.3. The highest BCUT2D eigenvalue weighted by Crippen LogP contribution is 2.26. The molecule has 234 valence electrons. The average Bonchev–Trinajstić information content (AvgIpc) is 2.92. The van der Waals surface area contributed by atoms with E-state index in [1.165, 1.54) is 130 Å². The summed E-state index contributed by atoms with van der Waals surface area (Å²) in [5.74, 6) is -3.60. The summed E-state index contributed by atoms with van der Waals surface area (Å²) in [5, 5.41) is 28.9. The highest BCUT2D eigenvalue weighted by molar-refractivity contribution is 5.77. The van der Waals surface area contributed by atoms with E-state index in [2.05, 4.69) is 6.92 Å². The fraction of sp³-hybridized carbons (Fsp3) is 0.848. The fourth-order valence-corrected chi connectivity index (χ4v) is 5.81. The van der Waals surface area contributed by atoms with Gasteiger partial charge in [0.1, 0.15) is 0 Å². The number of aliphatic carboxylic acids is 3. The van der Waals surface area contributed by atoms with E-state index in [0.29, 0.717) is 0 Å². The second kappa shape index (κ2) is 23.8. The van der Waals surface area contributed by atoms with Gasteiger partial charge >= 0.3 is 17.9 Å². The quantitative estimate of drug-likeness (QED) is 0.0495. The summed E-state index contributed by atoms with van der Waals surface area (Å²) >= 11 is 0. The van der Waals surface area contributed by atoms with Crippen LogP contribution >= 0.6 is 0 Å². The Bertz CT molecular complexity index is 657. The van der Waals surface area contributed by atoms with Crippen molar-refractivity contribution in [1.82, 2.24) is 0 Å². The van der Waals surface area contributed by atoms with E-state index in [0.717, 1.165) is 19.3 Å². The van der Waals surface area contributed by atoms with Crippen molar-refractivity contribution in [1.29, 1.82) is 0 Å². The molecule has 3 N–H and O–H groups in total. The van der Waals surface area contributed by atoms with Gasteiger partial charge in [0.25, 0.3) is 0 Å². The largest absolute Gasteiger partial charge is 0.477 e. The first-order chi connectivity index (χ1) is 19.1. The van der Waals surface area contributed by atoms with Crippen LogP contribution in [-0.4, -0.2) is 62.4 Å². The molecule has 0 rings (SSSR count). The van der Waals surface area contributed by atoms with Gasteiger partial charge in [0.05, 0.1) is 6.54 Å². The topological polar surface area (TPSA) is 112 Å². The predicted molar refractivity (Wildman–Crippen MR) is 164 cm³/mol. The van der Waals surface area contributed by atoms with Gasteiger partial charge < -0.3 is 15.3 Å². The molecule has 7 nitrogen and oxygen atoms in total. The third-order valence-electron chi connectivity index (χ3n) is 8.80. The molecule has 3 atom stereocenters. The zero-order chi connectivity index (χ0) is 30.2. The molecular weight excluding hydrogens is 506 g/mol. The third kappa shape index (κ3) is 15.8. The normalized spacial score (nSPS) is 15.5. The van der Waals surface area contributed by atoms with Crippen molar-refractivity contribution in [2.24, 2.45) is 0 Å². The molecule has 0 saturated heterocycles. The molecule has 7 heteroatoms. The van der Waals surface area contributed by atoms with Gasteiger partial charge in [-0.25, -0.2) is 14.4 Å². The minimum atomic E-state index is -1.20. The van der Waals surface area contributed by atoms with Gasteiger partial charge in [-0.15, -0.1) is 0 Å². The van der Waals surface area contributed by atoms with Crippen LogP contribution in [0.25, 0.3) is 0 Å². The number of carbonyl (C=O) groups is 3. The van der Waals surface area contributed by atoms with Crippen LogP contribution in [0.15, 0.2) is 12.2 Å². The summed E-state index contributed by atoms with van der Waals surface area (Å²) in [5.41, 5.74) is 0. The summed E-state index contributed by atoms with van der Waals surface area (Å²) in [6, 6.07) is -3.51. The Kier molecular flexibility index (Phi) is 22.7. The Balaban J connectivity index is 4.03. The van der Waals surface area contributed by atoms with Crippen molar-refractivity contribution in [3.05, 3.63) is 12.2 Å². The Labute approximate surface area is 245 Å². The summed E-state index contributed by atoms with van der Waals surface area (Å²) in [4.78, 5) is 35.4. The van der Waals surface area contributed by atoms with Crippen LogP contribution in [-0.2, 0) is 14.4 Å². The molecule has 0 aliphatic heterocycles. The Morgan fingerprint density at radius 1 is 0.500 bits per heavy atom. The molecule has 0 bridgehead atoms. The molecule has 0 spiro atoms. The molecule has 0 aromatic carbocycles. The highest BCUT2D eigenvalue weighted by atomic mass is 16.4. The number of carboxylic acid groups (broad SMARTS) is 3. The predicted octanol–water partition coefficient (Wildman–Crippen LogP) is 8.60. The zero-order valence-electron chi connectivity index (χ0n) is 26.2. The van der Waals surface area contributed by atoms with E-state index in [9.17, 15) is 29.7 Å². The number of allylic oxidation sites excluding steroid dienone is 1. The Morgan fingerprint density at radius 2 is 0.775 bits per heavy atom. The summed E-state index contributed by atoms with van der Waals surface area (Å²) in [6.07, 6.45) is 29.9. The van der Waals surface area contributed by atoms with Crippen molar-refractivity contribution in [3.8, 4) is 0 Å². The first kappa shape index (κ1) is 38.1. The summed E-state index contributed by atoms with van der Waals surface area (Å²) in [6.45, 7) is 6.51. The van der Waals surface area contributed by atoms with Gasteiger partial charge in [-0.3, -0.25) is 4.48 Å². The standard InChI is InChI=1S/C33H61NO6/c1-5-6-7-8-9-10-11-12-13-14-15-16-17-18-19-20-21-22-23-24-25-26-27-34(28(2)31(35)36,29(3)32(37)38)30(4)33(39)40/h25-26,28-30H,5-24,27H2,1-4H3,(H2-,35,36,37,38,39,40)/p+1/b26-25+. The molecule has 0 saturated carbocycles. The summed E-state index contributed by atoms with van der Waals surface area (Å²) < 4.78 is -0.560. The van der Waals surface area contributed by atoms with Crippen LogP contribution in [0.3, 0.4) is 0 Å². The number of rotatable bonds is 28. The molecule has 0 amide bonds. The molecule has 3 unspecified atom stereocenters. The van der Waals surface area contributed by atoms with Crippen LogP contribution in [0, 0.1) is 0 Å². The average molecular weight is 569 g/mol. The number of nitrogens with zero attached hydrogens (tertiary/aromatic N) is 1. The minimum absolute atomic E-state index is 0.0491. The summed E-state index contributed by atoms with van der Waals surface area (Å²) in [7, 11) is 0. The molecule has 0 aliphatic rings. The van der Waals surface area contributed by atoms with Crippen LogP contribution in [0.5, 0.6) is 0 Å². The lowest BCUT2D eigenvalue weighted by Crippen LogP contribution is -2.70. The zero-order valence-corrected chi connectivity index (χ0v) is 26.2. The van der Waals surface area contributed by atoms with Gasteiger partial charge in [0.2, 0.25) is 0 Å². The molecule has 0 aliphatic carbocycles. The number of hydrogen-bond donors (Lipinski definition) is 3. The molecule has 40 heavy (non-hydrogen) atoms. The van der Waals surface area contributed by atoms with Gasteiger partial charge in [0.15, 0.2) is 18.1 Å². The second-order valence-electron chi connectivity index (χ2n) is 11.8. The van der Waals surface area contributed by atoms with Gasteiger partial charge in [-0.1, -0.05) is 129 Å². The van der Waals surface area contributed by atoms with Crippen LogP contribution in [0.2, 0.25) is 0 Å². The van der Waals surface area contributed by atoms with Crippen LogP contribution in [0.1, 0.15) is 156 Å². The first-order valence-corrected chi connectivity index (χ1v) is 16.3. The molecule has 0 fully saturated rings. The maximum atomic E-state index is 11.8. The van der Waals surface area contributed by atoms with Gasteiger partial charge in [-0.05, 0) is 39.7 Å². The van der Waals surface area contributed by atoms with E-state index >= 15 is 0 Å². The van der Waals surface area contributed by atoms with E-state index in [1.54, 1.807) is 6.08 Å². The number of carboxylic acids is 3. The van der Waals surface area contributed by atoms with E-state index in [4.69, 9.17) is 0 Å². The van der Waals surface area contributed by atoms with E-state index < -0.39 is 40.5 Å².